The Kier molecular flexibility index (Phi) is 47.0. The molecule has 0 aliphatic rings. The zero-order valence-electron chi connectivity index (χ0n) is 40.4. The normalized spacial score (nSPS) is 13.3. The summed E-state index contributed by atoms with van der Waals surface area (Å²) in [4.78, 5) is 26.1. The fourth-order valence-corrected chi connectivity index (χ4v) is 8.29. The van der Waals surface area contributed by atoms with Crippen LogP contribution in [0.1, 0.15) is 284 Å². The van der Waals surface area contributed by atoms with Gasteiger partial charge < -0.3 is 20.3 Å². The Hall–Kier alpha value is -1.66. The number of aliphatic hydroxyl groups excluding tert-OH is 2. The zero-order valence-corrected chi connectivity index (χ0v) is 40.4. The van der Waals surface area contributed by atoms with Crippen molar-refractivity contribution in [3.05, 3.63) is 24.3 Å². The van der Waals surface area contributed by atoms with E-state index in [0.717, 1.165) is 64.2 Å². The summed E-state index contributed by atoms with van der Waals surface area (Å²) in [6, 6.07) is -0.698. The number of rotatable bonds is 48. The van der Waals surface area contributed by atoms with Crippen molar-refractivity contribution in [2.75, 3.05) is 6.61 Å². The summed E-state index contributed by atoms with van der Waals surface area (Å²) < 4.78 is 5.93. The van der Waals surface area contributed by atoms with Gasteiger partial charge in [0.05, 0.1) is 25.2 Å². The van der Waals surface area contributed by atoms with Crippen molar-refractivity contribution in [1.29, 1.82) is 0 Å². The molecule has 354 valence electrons. The van der Waals surface area contributed by atoms with E-state index in [-0.39, 0.29) is 24.9 Å². The number of allylic oxidation sites excluding steroid dienone is 4. The number of unbranched alkanes of at least 4 members (excludes halogenated alkanes) is 32. The highest BCUT2D eigenvalue weighted by atomic mass is 16.5. The number of carbonyl (C=O) groups excluding carboxylic acids is 2. The van der Waals surface area contributed by atoms with Gasteiger partial charge in [0.2, 0.25) is 5.91 Å². The zero-order chi connectivity index (χ0) is 43.8. The highest BCUT2D eigenvalue weighted by Crippen LogP contribution is 2.18. The van der Waals surface area contributed by atoms with Gasteiger partial charge in [0.1, 0.15) is 6.10 Å². The number of carbonyl (C=O) groups is 2. The first-order valence-corrected chi connectivity index (χ1v) is 26.6. The maximum atomic E-state index is 13.2. The Morgan fingerprint density at radius 2 is 0.900 bits per heavy atom. The molecule has 60 heavy (non-hydrogen) atoms. The Balaban J connectivity index is 4.47. The van der Waals surface area contributed by atoms with Gasteiger partial charge in [0, 0.05) is 6.42 Å². The van der Waals surface area contributed by atoms with Gasteiger partial charge >= 0.3 is 5.97 Å². The molecule has 0 aromatic heterocycles. The third-order valence-corrected chi connectivity index (χ3v) is 12.3. The Labute approximate surface area is 373 Å². The number of ether oxygens (including phenoxy) is 1. The first kappa shape index (κ1) is 58.3. The van der Waals surface area contributed by atoms with Crippen molar-refractivity contribution >= 4 is 11.9 Å². The lowest BCUT2D eigenvalue weighted by atomic mass is 10.0. The Morgan fingerprint density at radius 1 is 0.500 bits per heavy atom. The average Bonchev–Trinajstić information content (AvgIpc) is 3.24. The third-order valence-electron chi connectivity index (χ3n) is 12.3. The van der Waals surface area contributed by atoms with E-state index in [4.69, 9.17) is 4.74 Å². The molecule has 0 aliphatic carbocycles. The third kappa shape index (κ3) is 43.0. The smallest absolute Gasteiger partial charge is 0.306 e. The van der Waals surface area contributed by atoms with Crippen LogP contribution in [0.15, 0.2) is 24.3 Å². The maximum absolute atomic E-state index is 13.2. The number of hydrogen-bond donors (Lipinski definition) is 3. The van der Waals surface area contributed by atoms with Crippen LogP contribution in [0.5, 0.6) is 0 Å². The Morgan fingerprint density at radius 3 is 1.35 bits per heavy atom. The molecule has 0 bridgehead atoms. The molecule has 0 radical (unpaired) electrons. The molecule has 0 rings (SSSR count). The Bertz CT molecular complexity index is 950. The second-order valence-corrected chi connectivity index (χ2v) is 18.3. The number of nitrogens with one attached hydrogen (secondary N) is 1. The van der Waals surface area contributed by atoms with Crippen molar-refractivity contribution in [1.82, 2.24) is 5.32 Å². The van der Waals surface area contributed by atoms with Crippen LogP contribution >= 0.6 is 0 Å². The highest BCUT2D eigenvalue weighted by Gasteiger charge is 2.24. The quantitative estimate of drug-likeness (QED) is 0.0322. The summed E-state index contributed by atoms with van der Waals surface area (Å²) in [5.41, 5.74) is 0. The molecule has 0 saturated carbocycles. The molecule has 0 aromatic rings. The molecular weight excluding hydrogens is 743 g/mol. The first-order valence-electron chi connectivity index (χ1n) is 26.6. The van der Waals surface area contributed by atoms with Crippen molar-refractivity contribution < 1.29 is 24.5 Å². The van der Waals surface area contributed by atoms with Crippen LogP contribution in [0.4, 0.5) is 0 Å². The van der Waals surface area contributed by atoms with Crippen LogP contribution in [0.25, 0.3) is 0 Å². The van der Waals surface area contributed by atoms with Gasteiger partial charge in [-0.2, -0.15) is 0 Å². The summed E-state index contributed by atoms with van der Waals surface area (Å²) in [7, 11) is 0. The predicted molar refractivity (Wildman–Crippen MR) is 260 cm³/mol. The topological polar surface area (TPSA) is 95.9 Å². The summed E-state index contributed by atoms with van der Waals surface area (Å²) in [6.45, 7) is 6.40. The lowest BCUT2D eigenvalue weighted by Crippen LogP contribution is -2.46. The average molecular weight is 846 g/mol. The molecule has 0 heterocycles. The largest absolute Gasteiger partial charge is 0.462 e. The van der Waals surface area contributed by atoms with Crippen LogP contribution in [-0.2, 0) is 14.3 Å². The van der Waals surface area contributed by atoms with Crippen molar-refractivity contribution in [3.8, 4) is 0 Å². The van der Waals surface area contributed by atoms with Crippen molar-refractivity contribution in [3.63, 3.8) is 0 Å². The van der Waals surface area contributed by atoms with E-state index in [9.17, 15) is 19.8 Å². The fraction of sp³-hybridized carbons (Fsp3) is 0.889. The molecular formula is C54H103NO5. The number of esters is 1. The van der Waals surface area contributed by atoms with Gasteiger partial charge in [-0.1, -0.05) is 244 Å². The highest BCUT2D eigenvalue weighted by molar-refractivity contribution is 5.77. The van der Waals surface area contributed by atoms with Gasteiger partial charge in [-0.3, -0.25) is 9.59 Å². The van der Waals surface area contributed by atoms with E-state index in [1.165, 1.54) is 173 Å². The fourth-order valence-electron chi connectivity index (χ4n) is 8.29. The minimum Gasteiger partial charge on any atom is -0.462 e. The second-order valence-electron chi connectivity index (χ2n) is 18.3. The predicted octanol–water partition coefficient (Wildman–Crippen LogP) is 15.9. The number of amides is 1. The SMILES string of the molecule is CC/C=C/C/C=C/CCCCCCCCCC(=O)OC(CCCCCCCCCCCCC)CC(=O)NC(CO)C(O)CCCCCCCCCCCCCCCCCC. The lowest BCUT2D eigenvalue weighted by Gasteiger charge is -2.24. The van der Waals surface area contributed by atoms with E-state index >= 15 is 0 Å². The van der Waals surface area contributed by atoms with Crippen molar-refractivity contribution in [2.24, 2.45) is 0 Å². The molecule has 0 saturated heterocycles. The van der Waals surface area contributed by atoms with Gasteiger partial charge in [-0.05, 0) is 51.4 Å². The maximum Gasteiger partial charge on any atom is 0.306 e. The molecule has 3 atom stereocenters. The number of hydrogen-bond acceptors (Lipinski definition) is 5. The number of aliphatic hydroxyl groups is 2. The molecule has 3 N–H and O–H groups in total. The van der Waals surface area contributed by atoms with E-state index in [2.05, 4.69) is 50.4 Å². The van der Waals surface area contributed by atoms with Crippen molar-refractivity contribution in [2.45, 2.75) is 302 Å². The molecule has 0 aromatic carbocycles. The van der Waals surface area contributed by atoms with Gasteiger partial charge in [0.25, 0.3) is 0 Å². The molecule has 6 heteroatoms. The van der Waals surface area contributed by atoms with Gasteiger partial charge in [0.15, 0.2) is 0 Å². The lowest BCUT2D eigenvalue weighted by molar-refractivity contribution is -0.151. The van der Waals surface area contributed by atoms with Crippen LogP contribution in [-0.4, -0.2) is 46.9 Å². The van der Waals surface area contributed by atoms with Gasteiger partial charge in [-0.15, -0.1) is 0 Å². The van der Waals surface area contributed by atoms with E-state index in [0.29, 0.717) is 19.3 Å². The molecule has 1 amide bonds. The standard InChI is InChI=1S/C54H103NO5/c1-4-7-10-13-16-19-22-24-26-27-28-31-34-37-40-43-46-52(57)51(49-56)55-53(58)48-50(45-42-39-36-33-30-21-18-15-12-9-6-3)60-54(59)47-44-41-38-35-32-29-25-23-20-17-14-11-8-5-2/h8,11,17,20,50-52,56-57H,4-7,9-10,12-16,18-19,21-49H2,1-3H3,(H,55,58)/b11-8+,20-17+. The monoisotopic (exact) mass is 846 g/mol. The summed E-state index contributed by atoms with van der Waals surface area (Å²) in [5, 5.41) is 23.8. The van der Waals surface area contributed by atoms with E-state index in [1.54, 1.807) is 0 Å². The van der Waals surface area contributed by atoms with Crippen LogP contribution in [0.2, 0.25) is 0 Å². The van der Waals surface area contributed by atoms with Crippen LogP contribution in [0.3, 0.4) is 0 Å². The molecule has 0 spiro atoms. The first-order chi connectivity index (χ1) is 29.5. The summed E-state index contributed by atoms with van der Waals surface area (Å²) >= 11 is 0. The molecule has 6 nitrogen and oxygen atoms in total. The summed E-state index contributed by atoms with van der Waals surface area (Å²) in [5.74, 6) is -0.469. The molecule has 0 fully saturated rings. The minimum atomic E-state index is -0.784. The summed E-state index contributed by atoms with van der Waals surface area (Å²) in [6.07, 6.45) is 55.2. The molecule has 3 unspecified atom stereocenters. The molecule has 0 aliphatic heterocycles. The van der Waals surface area contributed by atoms with Crippen LogP contribution in [0, 0.1) is 0 Å². The van der Waals surface area contributed by atoms with Gasteiger partial charge in [-0.25, -0.2) is 0 Å². The minimum absolute atomic E-state index is 0.0798. The van der Waals surface area contributed by atoms with Crippen LogP contribution < -0.4 is 5.32 Å². The second kappa shape index (κ2) is 48.4. The van der Waals surface area contributed by atoms with E-state index < -0.39 is 18.2 Å². The van der Waals surface area contributed by atoms with E-state index in [1.807, 2.05) is 0 Å².